The Morgan fingerprint density at radius 3 is 2.40 bits per heavy atom. The normalized spacial score (nSPS) is 19.2. The van der Waals surface area contributed by atoms with E-state index in [1.165, 1.54) is 0 Å². The molecular formula is C12H25NO2. The molecule has 0 atom stereocenters. The summed E-state index contributed by atoms with van der Waals surface area (Å²) in [6.45, 7) is 13.4. The highest BCUT2D eigenvalue weighted by Gasteiger charge is 2.34. The van der Waals surface area contributed by atoms with Crippen LogP contribution in [0.15, 0.2) is 0 Å². The van der Waals surface area contributed by atoms with Crippen LogP contribution in [0.25, 0.3) is 0 Å². The number of rotatable bonds is 6. The minimum atomic E-state index is 0.297. The van der Waals surface area contributed by atoms with Gasteiger partial charge in [0.05, 0.1) is 6.10 Å². The second-order valence-corrected chi connectivity index (χ2v) is 5.12. The van der Waals surface area contributed by atoms with E-state index in [1.807, 2.05) is 6.92 Å². The van der Waals surface area contributed by atoms with Crippen LogP contribution < -0.4 is 0 Å². The Balaban J connectivity index is 1.94. The van der Waals surface area contributed by atoms with Crippen molar-refractivity contribution in [3.8, 4) is 0 Å². The first-order valence-corrected chi connectivity index (χ1v) is 5.98. The first-order valence-electron chi connectivity index (χ1n) is 5.98. The molecule has 0 radical (unpaired) electrons. The van der Waals surface area contributed by atoms with Gasteiger partial charge in [-0.1, -0.05) is 0 Å². The number of hydrogen-bond donors (Lipinski definition) is 0. The van der Waals surface area contributed by atoms with E-state index in [0.29, 0.717) is 11.6 Å². The lowest BCUT2D eigenvalue weighted by atomic mass is 9.99. The quantitative estimate of drug-likeness (QED) is 0.632. The van der Waals surface area contributed by atoms with Gasteiger partial charge in [-0.3, -0.25) is 4.90 Å². The molecule has 3 heteroatoms. The second kappa shape index (κ2) is 5.83. The van der Waals surface area contributed by atoms with Gasteiger partial charge in [0, 0.05) is 38.4 Å². The lowest BCUT2D eigenvalue weighted by Gasteiger charge is -2.47. The van der Waals surface area contributed by atoms with Gasteiger partial charge in [-0.25, -0.2) is 0 Å². The van der Waals surface area contributed by atoms with E-state index in [4.69, 9.17) is 9.47 Å². The highest BCUT2D eigenvalue weighted by Crippen LogP contribution is 2.22. The lowest BCUT2D eigenvalue weighted by Crippen LogP contribution is -2.59. The first kappa shape index (κ1) is 12.9. The van der Waals surface area contributed by atoms with Gasteiger partial charge in [-0.15, -0.1) is 0 Å². The molecule has 0 unspecified atom stereocenters. The third kappa shape index (κ3) is 4.49. The van der Waals surface area contributed by atoms with Crippen LogP contribution >= 0.6 is 0 Å². The zero-order valence-corrected chi connectivity index (χ0v) is 10.6. The maximum atomic E-state index is 5.73. The monoisotopic (exact) mass is 215 g/mol. The Bertz CT molecular complexity index is 171. The summed E-state index contributed by atoms with van der Waals surface area (Å²) in [5.41, 5.74) is 0.297. The van der Waals surface area contributed by atoms with Gasteiger partial charge in [-0.2, -0.15) is 0 Å². The fourth-order valence-electron chi connectivity index (χ4n) is 1.65. The van der Waals surface area contributed by atoms with Crippen molar-refractivity contribution < 1.29 is 9.47 Å². The highest BCUT2D eigenvalue weighted by atomic mass is 16.5. The zero-order chi connectivity index (χ0) is 11.3. The van der Waals surface area contributed by atoms with Gasteiger partial charge in [0.15, 0.2) is 0 Å². The molecule has 1 aliphatic rings. The Morgan fingerprint density at radius 1 is 1.20 bits per heavy atom. The van der Waals surface area contributed by atoms with Gasteiger partial charge < -0.3 is 9.47 Å². The highest BCUT2D eigenvalue weighted by molar-refractivity contribution is 4.89. The first-order chi connectivity index (χ1) is 7.04. The van der Waals surface area contributed by atoms with Gasteiger partial charge in [0.2, 0.25) is 0 Å². The van der Waals surface area contributed by atoms with E-state index in [9.17, 15) is 0 Å². The molecule has 0 spiro atoms. The van der Waals surface area contributed by atoms with Crippen LogP contribution in [-0.2, 0) is 9.47 Å². The molecule has 0 bridgehead atoms. The predicted molar refractivity (Wildman–Crippen MR) is 62.2 cm³/mol. The zero-order valence-electron chi connectivity index (χ0n) is 10.6. The minimum Gasteiger partial charge on any atom is -0.382 e. The van der Waals surface area contributed by atoms with Crippen LogP contribution in [0, 0.1) is 0 Å². The number of likely N-dealkylation sites (tertiary alicyclic amines) is 1. The number of hydrogen-bond acceptors (Lipinski definition) is 3. The van der Waals surface area contributed by atoms with E-state index in [-0.39, 0.29) is 0 Å². The average Bonchev–Trinajstić information content (AvgIpc) is 2.05. The largest absolute Gasteiger partial charge is 0.382 e. The number of nitrogens with zero attached hydrogens (tertiary/aromatic N) is 1. The maximum Gasteiger partial charge on any atom is 0.0829 e. The van der Waals surface area contributed by atoms with E-state index < -0.39 is 0 Å². The van der Waals surface area contributed by atoms with Gasteiger partial charge in [0.25, 0.3) is 0 Å². The molecule has 3 nitrogen and oxygen atoms in total. The molecule has 0 N–H and O–H groups in total. The average molecular weight is 215 g/mol. The van der Waals surface area contributed by atoms with E-state index >= 15 is 0 Å². The minimum absolute atomic E-state index is 0.297. The summed E-state index contributed by atoms with van der Waals surface area (Å²) in [4.78, 5) is 2.44. The fraction of sp³-hybridized carbons (Fsp3) is 1.00. The molecule has 1 fully saturated rings. The molecule has 90 valence electrons. The van der Waals surface area contributed by atoms with Crippen molar-refractivity contribution in [3.63, 3.8) is 0 Å². The van der Waals surface area contributed by atoms with Gasteiger partial charge in [-0.05, 0) is 34.1 Å². The van der Waals surface area contributed by atoms with Crippen molar-refractivity contribution in [1.29, 1.82) is 0 Å². The summed E-state index contributed by atoms with van der Waals surface area (Å²) in [6.07, 6.45) is 1.46. The molecule has 0 aliphatic carbocycles. The van der Waals surface area contributed by atoms with Crippen molar-refractivity contribution in [2.24, 2.45) is 0 Å². The molecular weight excluding hydrogens is 190 g/mol. The molecule has 0 aromatic rings. The smallest absolute Gasteiger partial charge is 0.0829 e. The van der Waals surface area contributed by atoms with Gasteiger partial charge >= 0.3 is 0 Å². The summed E-state index contributed by atoms with van der Waals surface area (Å²) < 4.78 is 11.0. The Kier molecular flexibility index (Phi) is 5.03. The summed E-state index contributed by atoms with van der Waals surface area (Å²) >= 11 is 0. The standard InChI is InChI=1S/C12H25NO2/c1-5-14-7-6-8-15-11-9-13(10-11)12(2,3)4/h11H,5-10H2,1-4H3. The summed E-state index contributed by atoms with van der Waals surface area (Å²) in [7, 11) is 0. The summed E-state index contributed by atoms with van der Waals surface area (Å²) in [5, 5.41) is 0. The summed E-state index contributed by atoms with van der Waals surface area (Å²) in [5.74, 6) is 0. The Hall–Kier alpha value is -0.120. The van der Waals surface area contributed by atoms with Crippen LogP contribution in [-0.4, -0.2) is 49.5 Å². The summed E-state index contributed by atoms with van der Waals surface area (Å²) in [6, 6.07) is 0. The lowest BCUT2D eigenvalue weighted by molar-refractivity contribution is -0.0914. The fourth-order valence-corrected chi connectivity index (χ4v) is 1.65. The molecule has 1 rings (SSSR count). The van der Waals surface area contributed by atoms with Crippen LogP contribution in [0.3, 0.4) is 0 Å². The second-order valence-electron chi connectivity index (χ2n) is 5.12. The maximum absolute atomic E-state index is 5.73. The Labute approximate surface area is 93.7 Å². The van der Waals surface area contributed by atoms with E-state index in [0.717, 1.165) is 39.3 Å². The van der Waals surface area contributed by atoms with Crippen LogP contribution in [0.1, 0.15) is 34.1 Å². The number of ether oxygens (including phenoxy) is 2. The molecule has 1 aliphatic heterocycles. The predicted octanol–water partition coefficient (Wildman–Crippen LogP) is 1.91. The van der Waals surface area contributed by atoms with Crippen LogP contribution in [0.5, 0.6) is 0 Å². The molecule has 15 heavy (non-hydrogen) atoms. The molecule has 1 heterocycles. The Morgan fingerprint density at radius 2 is 1.87 bits per heavy atom. The van der Waals surface area contributed by atoms with E-state index in [2.05, 4.69) is 25.7 Å². The molecule has 1 saturated heterocycles. The molecule has 0 aromatic heterocycles. The topological polar surface area (TPSA) is 21.7 Å². The SMILES string of the molecule is CCOCCCOC1CN(C(C)(C)C)C1. The van der Waals surface area contributed by atoms with Crippen molar-refractivity contribution >= 4 is 0 Å². The van der Waals surface area contributed by atoms with Crippen molar-refractivity contribution in [3.05, 3.63) is 0 Å². The van der Waals surface area contributed by atoms with Crippen molar-refractivity contribution in [2.75, 3.05) is 32.9 Å². The third-order valence-corrected chi connectivity index (χ3v) is 2.79. The van der Waals surface area contributed by atoms with Crippen molar-refractivity contribution in [1.82, 2.24) is 4.90 Å². The van der Waals surface area contributed by atoms with Crippen LogP contribution in [0.2, 0.25) is 0 Å². The molecule has 0 aromatic carbocycles. The van der Waals surface area contributed by atoms with Crippen LogP contribution in [0.4, 0.5) is 0 Å². The van der Waals surface area contributed by atoms with Gasteiger partial charge in [0.1, 0.15) is 0 Å². The molecule has 0 saturated carbocycles. The third-order valence-electron chi connectivity index (χ3n) is 2.79. The van der Waals surface area contributed by atoms with E-state index in [1.54, 1.807) is 0 Å². The molecule has 0 amide bonds. The van der Waals surface area contributed by atoms with Crippen molar-refractivity contribution in [2.45, 2.75) is 45.8 Å².